The number of amides is 1. The number of halogens is 7. The highest BCUT2D eigenvalue weighted by molar-refractivity contribution is 7.99. The van der Waals surface area contributed by atoms with Crippen molar-refractivity contribution in [3.63, 3.8) is 0 Å². The number of anilines is 1. The number of fused-ring (bicyclic) bond motifs is 3. The molecule has 1 aliphatic rings. The molecule has 0 atom stereocenters. The molecule has 178 valence electrons. The van der Waals surface area contributed by atoms with Crippen LogP contribution in [0.25, 0.3) is 11.3 Å². The largest absolute Gasteiger partial charge is 0.433 e. The van der Waals surface area contributed by atoms with Crippen molar-refractivity contribution in [1.29, 1.82) is 0 Å². The molecular weight excluding hydrogens is 504 g/mol. The van der Waals surface area contributed by atoms with Crippen LogP contribution in [-0.2, 0) is 30.0 Å². The predicted octanol–water partition coefficient (Wildman–Crippen LogP) is 6.66. The highest BCUT2D eigenvalue weighted by Crippen LogP contribution is 2.40. The first kappa shape index (κ1) is 24.3. The third-order valence-electron chi connectivity index (χ3n) is 5.07. The predicted molar refractivity (Wildman–Crippen MR) is 116 cm³/mol. The lowest BCUT2D eigenvalue weighted by molar-refractivity contribution is -0.142. The summed E-state index contributed by atoms with van der Waals surface area (Å²) in [7, 11) is 0. The number of aryl methyl sites for hydroxylation is 1. The van der Waals surface area contributed by atoms with Gasteiger partial charge in [-0.3, -0.25) is 4.79 Å². The van der Waals surface area contributed by atoms with Gasteiger partial charge in [0.2, 0.25) is 5.91 Å². The van der Waals surface area contributed by atoms with E-state index < -0.39 is 35.3 Å². The van der Waals surface area contributed by atoms with E-state index in [-0.39, 0.29) is 33.5 Å². The summed E-state index contributed by atoms with van der Waals surface area (Å²) in [4.78, 5) is 20.2. The summed E-state index contributed by atoms with van der Waals surface area (Å²) < 4.78 is 79.9. The molecule has 4 rings (SSSR count). The normalized spacial score (nSPS) is 13.3. The zero-order chi connectivity index (χ0) is 24.7. The van der Waals surface area contributed by atoms with Crippen molar-refractivity contribution in [2.45, 2.75) is 30.4 Å². The second kappa shape index (κ2) is 9.10. The number of rotatable bonds is 4. The first-order chi connectivity index (χ1) is 15.9. The van der Waals surface area contributed by atoms with Crippen LogP contribution in [0, 0.1) is 0 Å². The van der Waals surface area contributed by atoms with Crippen molar-refractivity contribution in [1.82, 2.24) is 9.97 Å². The van der Waals surface area contributed by atoms with Crippen LogP contribution in [0.3, 0.4) is 0 Å². The second-order valence-electron chi connectivity index (χ2n) is 7.37. The van der Waals surface area contributed by atoms with Gasteiger partial charge in [-0.05, 0) is 36.6 Å². The number of benzene rings is 2. The Hall–Kier alpha value is -2.79. The lowest BCUT2D eigenvalue weighted by Crippen LogP contribution is -2.19. The average molecular weight is 518 g/mol. The fraction of sp³-hybridized carbons (Fsp3) is 0.227. The van der Waals surface area contributed by atoms with Crippen LogP contribution in [0.5, 0.6) is 0 Å². The number of alkyl halides is 6. The molecule has 1 N–H and O–H groups in total. The van der Waals surface area contributed by atoms with Gasteiger partial charge in [0, 0.05) is 11.1 Å². The Labute approximate surface area is 198 Å². The number of nitrogens with zero attached hydrogens (tertiary/aromatic N) is 2. The number of thioether (sulfide) groups is 1. The van der Waals surface area contributed by atoms with Crippen LogP contribution >= 0.6 is 23.4 Å². The number of carbonyl (C=O) groups is 1. The molecule has 0 spiro atoms. The standard InChI is InChI=1S/C22H14ClF6N3OS/c23-15-8-6-12(21(24,25)26)9-16(15)30-17(33)10-34-20-31-18-13-4-2-1-3-11(13)5-7-14(18)19(32-20)22(27,28)29/h1-4,6,8-9H,5,7,10H2,(H,30,33). The maximum Gasteiger partial charge on any atom is 0.433 e. The topological polar surface area (TPSA) is 54.9 Å². The van der Waals surface area contributed by atoms with Gasteiger partial charge < -0.3 is 5.32 Å². The summed E-state index contributed by atoms with van der Waals surface area (Å²) in [5.74, 6) is -1.22. The van der Waals surface area contributed by atoms with Crippen LogP contribution in [0.2, 0.25) is 5.02 Å². The van der Waals surface area contributed by atoms with Crippen LogP contribution in [0.4, 0.5) is 32.0 Å². The quantitative estimate of drug-likeness (QED) is 0.239. The summed E-state index contributed by atoms with van der Waals surface area (Å²) in [6.07, 6.45) is -8.81. The van der Waals surface area contributed by atoms with Crippen LogP contribution in [0.1, 0.15) is 22.4 Å². The fourth-order valence-electron chi connectivity index (χ4n) is 3.56. The Morgan fingerprint density at radius 1 is 1.00 bits per heavy atom. The molecule has 0 saturated carbocycles. The molecule has 1 heterocycles. The zero-order valence-electron chi connectivity index (χ0n) is 17.0. The maximum absolute atomic E-state index is 13.7. The van der Waals surface area contributed by atoms with Gasteiger partial charge in [0.1, 0.15) is 0 Å². The lowest BCUT2D eigenvalue weighted by atomic mass is 9.88. The van der Waals surface area contributed by atoms with Gasteiger partial charge in [0.15, 0.2) is 10.9 Å². The Morgan fingerprint density at radius 3 is 2.44 bits per heavy atom. The highest BCUT2D eigenvalue weighted by Gasteiger charge is 2.39. The van der Waals surface area contributed by atoms with Crippen molar-refractivity contribution in [2.24, 2.45) is 0 Å². The first-order valence-electron chi connectivity index (χ1n) is 9.79. The van der Waals surface area contributed by atoms with Gasteiger partial charge in [-0.1, -0.05) is 47.6 Å². The first-order valence-corrected chi connectivity index (χ1v) is 11.2. The fourth-order valence-corrected chi connectivity index (χ4v) is 4.37. The Morgan fingerprint density at radius 2 is 1.74 bits per heavy atom. The molecule has 1 amide bonds. The molecule has 34 heavy (non-hydrogen) atoms. The van der Waals surface area contributed by atoms with E-state index in [1.165, 1.54) is 0 Å². The van der Waals surface area contributed by atoms with E-state index in [1.54, 1.807) is 18.2 Å². The van der Waals surface area contributed by atoms with Crippen LogP contribution in [0.15, 0.2) is 47.6 Å². The minimum absolute atomic E-state index is 0.00394. The number of carbonyl (C=O) groups excluding carboxylic acids is 1. The number of nitrogens with one attached hydrogen (secondary N) is 1. The third-order valence-corrected chi connectivity index (χ3v) is 6.25. The summed E-state index contributed by atoms with van der Waals surface area (Å²) in [5.41, 5.74) is -0.752. The van der Waals surface area contributed by atoms with Crippen LogP contribution < -0.4 is 5.32 Å². The molecule has 3 aromatic rings. The molecule has 0 radical (unpaired) electrons. The Kier molecular flexibility index (Phi) is 6.52. The summed E-state index contributed by atoms with van der Waals surface area (Å²) >= 11 is 6.51. The summed E-state index contributed by atoms with van der Waals surface area (Å²) in [6.45, 7) is 0. The van der Waals surface area contributed by atoms with Crippen molar-refractivity contribution in [3.05, 3.63) is 69.9 Å². The van der Waals surface area contributed by atoms with E-state index >= 15 is 0 Å². The van der Waals surface area contributed by atoms with E-state index in [1.807, 2.05) is 6.07 Å². The molecule has 0 fully saturated rings. The van der Waals surface area contributed by atoms with E-state index in [0.717, 1.165) is 17.7 Å². The monoisotopic (exact) mass is 517 g/mol. The molecule has 1 aliphatic carbocycles. The van der Waals surface area contributed by atoms with Gasteiger partial charge in [0.05, 0.1) is 27.7 Å². The summed E-state index contributed by atoms with van der Waals surface area (Å²) in [5, 5.41) is 1.86. The SMILES string of the molecule is O=C(CSc1nc2c(c(C(F)(F)F)n1)CCc1ccccc1-2)Nc1cc(C(F)(F)F)ccc1Cl. The smallest absolute Gasteiger partial charge is 0.324 e. The van der Waals surface area contributed by atoms with Crippen molar-refractivity contribution < 1.29 is 31.1 Å². The highest BCUT2D eigenvalue weighted by atomic mass is 35.5. The Balaban J connectivity index is 1.58. The molecule has 1 aromatic heterocycles. The molecule has 12 heteroatoms. The maximum atomic E-state index is 13.7. The minimum Gasteiger partial charge on any atom is -0.324 e. The minimum atomic E-state index is -4.72. The number of hydrogen-bond donors (Lipinski definition) is 1. The van der Waals surface area contributed by atoms with Crippen molar-refractivity contribution in [3.8, 4) is 11.3 Å². The van der Waals surface area contributed by atoms with Crippen molar-refractivity contribution >= 4 is 35.0 Å². The second-order valence-corrected chi connectivity index (χ2v) is 8.72. The molecule has 4 nitrogen and oxygen atoms in total. The van der Waals surface area contributed by atoms with Gasteiger partial charge in [-0.2, -0.15) is 26.3 Å². The van der Waals surface area contributed by atoms with E-state index in [0.29, 0.717) is 29.8 Å². The molecular formula is C22H14ClF6N3OS. The lowest BCUT2D eigenvalue weighted by Gasteiger charge is -2.22. The molecule has 0 aliphatic heterocycles. The average Bonchev–Trinajstić information content (AvgIpc) is 2.77. The Bertz CT molecular complexity index is 1260. The molecule has 0 unspecified atom stereocenters. The molecule has 2 aromatic carbocycles. The van der Waals surface area contributed by atoms with Crippen molar-refractivity contribution in [2.75, 3.05) is 11.1 Å². The van der Waals surface area contributed by atoms with Crippen LogP contribution in [-0.4, -0.2) is 21.6 Å². The van der Waals surface area contributed by atoms with E-state index in [9.17, 15) is 31.1 Å². The van der Waals surface area contributed by atoms with Gasteiger partial charge in [-0.15, -0.1) is 0 Å². The van der Waals surface area contributed by atoms with E-state index in [2.05, 4.69) is 15.3 Å². The van der Waals surface area contributed by atoms with Gasteiger partial charge in [-0.25, -0.2) is 9.97 Å². The number of aromatic nitrogens is 2. The molecule has 0 bridgehead atoms. The van der Waals surface area contributed by atoms with Gasteiger partial charge in [0.25, 0.3) is 0 Å². The zero-order valence-corrected chi connectivity index (χ0v) is 18.6. The molecule has 0 saturated heterocycles. The number of hydrogen-bond acceptors (Lipinski definition) is 4. The van der Waals surface area contributed by atoms with Gasteiger partial charge >= 0.3 is 12.4 Å². The van der Waals surface area contributed by atoms with E-state index in [4.69, 9.17) is 11.6 Å². The third kappa shape index (κ3) is 5.15. The summed E-state index contributed by atoms with van der Waals surface area (Å²) in [6, 6.07) is 9.41.